The van der Waals surface area contributed by atoms with Gasteiger partial charge in [-0.3, -0.25) is 0 Å². The molecule has 114 valence electrons. The van der Waals surface area contributed by atoms with Gasteiger partial charge in [0.25, 0.3) is 6.43 Å². The van der Waals surface area contributed by atoms with Gasteiger partial charge >= 0.3 is 0 Å². The fraction of sp³-hybridized carbons (Fsp3) is 0.438. The first-order chi connectivity index (χ1) is 10.1. The zero-order chi connectivity index (χ0) is 15.2. The van der Waals surface area contributed by atoms with Gasteiger partial charge in [-0.25, -0.2) is 13.8 Å². The molecule has 3 nitrogen and oxygen atoms in total. The molecule has 0 aliphatic carbocycles. The number of fused-ring (bicyclic) bond motifs is 1. The summed E-state index contributed by atoms with van der Waals surface area (Å²) in [4.78, 5) is 6.09. The number of hydrogen-bond acceptors (Lipinski definition) is 3. The van der Waals surface area contributed by atoms with E-state index in [4.69, 9.17) is 0 Å². The summed E-state index contributed by atoms with van der Waals surface area (Å²) in [6.45, 7) is 3.31. The van der Waals surface area contributed by atoms with Gasteiger partial charge in [-0.1, -0.05) is 25.1 Å². The number of rotatable bonds is 7. The Bertz CT molecular complexity index is 587. The van der Waals surface area contributed by atoms with Crippen molar-refractivity contribution in [2.75, 3.05) is 25.0 Å². The van der Waals surface area contributed by atoms with Crippen LogP contribution in [-0.4, -0.2) is 31.5 Å². The smallest absolute Gasteiger partial charge is 0.255 e. The van der Waals surface area contributed by atoms with E-state index in [1.54, 1.807) is 7.05 Å². The molecule has 1 N–H and O–H groups in total. The molecular weight excluding hydrogens is 272 g/mol. The van der Waals surface area contributed by atoms with E-state index in [0.717, 1.165) is 29.4 Å². The topological polar surface area (TPSA) is 28.2 Å². The Morgan fingerprint density at radius 3 is 2.76 bits per heavy atom. The molecule has 0 radical (unpaired) electrons. The molecule has 0 saturated carbocycles. The van der Waals surface area contributed by atoms with Gasteiger partial charge in [0.2, 0.25) is 0 Å². The van der Waals surface area contributed by atoms with Crippen LogP contribution in [0.4, 0.5) is 14.6 Å². The molecule has 2 rings (SSSR count). The third-order valence-electron chi connectivity index (χ3n) is 3.30. The van der Waals surface area contributed by atoms with Gasteiger partial charge in [0, 0.05) is 24.5 Å². The van der Waals surface area contributed by atoms with Crippen molar-refractivity contribution >= 4 is 16.7 Å². The highest BCUT2D eigenvalue weighted by Crippen LogP contribution is 2.23. The average molecular weight is 293 g/mol. The predicted molar refractivity (Wildman–Crippen MR) is 83.0 cm³/mol. The van der Waals surface area contributed by atoms with E-state index in [1.165, 1.54) is 4.90 Å². The molecule has 0 fully saturated rings. The highest BCUT2D eigenvalue weighted by atomic mass is 19.3. The van der Waals surface area contributed by atoms with Gasteiger partial charge < -0.3 is 10.2 Å². The number of hydrogen-bond donors (Lipinski definition) is 1. The summed E-state index contributed by atoms with van der Waals surface area (Å²) in [5, 5.41) is 4.34. The van der Waals surface area contributed by atoms with Crippen molar-refractivity contribution in [3.63, 3.8) is 0 Å². The van der Waals surface area contributed by atoms with E-state index in [9.17, 15) is 8.78 Å². The van der Waals surface area contributed by atoms with Crippen LogP contribution in [0, 0.1) is 0 Å². The Morgan fingerprint density at radius 2 is 2.05 bits per heavy atom. The van der Waals surface area contributed by atoms with Crippen molar-refractivity contribution in [3.05, 3.63) is 35.9 Å². The van der Waals surface area contributed by atoms with Gasteiger partial charge in [0.1, 0.15) is 5.82 Å². The van der Waals surface area contributed by atoms with Crippen LogP contribution in [-0.2, 0) is 6.54 Å². The molecule has 1 heterocycles. The van der Waals surface area contributed by atoms with Crippen LogP contribution in [0.2, 0.25) is 0 Å². The van der Waals surface area contributed by atoms with E-state index >= 15 is 0 Å². The Labute approximate surface area is 124 Å². The van der Waals surface area contributed by atoms with Crippen LogP contribution in [0.3, 0.4) is 0 Å². The number of nitrogens with one attached hydrogen (secondary N) is 1. The molecule has 1 aromatic carbocycles. The second-order valence-electron chi connectivity index (χ2n) is 5.11. The number of pyridine rings is 1. The SMILES string of the molecule is CCCNCc1cc2ccccc2nc1N(C)CC(F)F. The molecule has 0 unspecified atom stereocenters. The van der Waals surface area contributed by atoms with Gasteiger partial charge in [0.15, 0.2) is 0 Å². The summed E-state index contributed by atoms with van der Waals surface area (Å²) in [5.74, 6) is 0.623. The Morgan fingerprint density at radius 1 is 1.29 bits per heavy atom. The van der Waals surface area contributed by atoms with Crippen molar-refractivity contribution in [2.45, 2.75) is 26.3 Å². The summed E-state index contributed by atoms with van der Waals surface area (Å²) >= 11 is 0. The molecule has 21 heavy (non-hydrogen) atoms. The van der Waals surface area contributed by atoms with Crippen LogP contribution >= 0.6 is 0 Å². The molecule has 0 aliphatic rings. The standard InChI is InChI=1S/C16H21F2N3/c1-3-8-19-10-13-9-12-6-4-5-7-14(12)20-16(13)21(2)11-15(17)18/h4-7,9,15,19H,3,8,10-11H2,1-2H3. The summed E-state index contributed by atoms with van der Waals surface area (Å²) < 4.78 is 25.3. The molecule has 0 saturated heterocycles. The highest BCUT2D eigenvalue weighted by Gasteiger charge is 2.14. The Balaban J connectivity index is 2.35. The maximum absolute atomic E-state index is 12.6. The number of alkyl halides is 2. The second-order valence-corrected chi connectivity index (χ2v) is 5.11. The molecule has 0 spiro atoms. The van der Waals surface area contributed by atoms with E-state index in [-0.39, 0.29) is 6.54 Å². The fourth-order valence-corrected chi connectivity index (χ4v) is 2.30. The van der Waals surface area contributed by atoms with Gasteiger partial charge in [-0.05, 0) is 25.1 Å². The maximum atomic E-state index is 12.6. The second kappa shape index (κ2) is 7.31. The number of anilines is 1. The van der Waals surface area contributed by atoms with Crippen LogP contribution in [0.15, 0.2) is 30.3 Å². The summed E-state index contributed by atoms with van der Waals surface area (Å²) in [6.07, 6.45) is -1.34. The minimum atomic E-state index is -2.38. The van der Waals surface area contributed by atoms with E-state index in [2.05, 4.69) is 17.2 Å². The summed E-state index contributed by atoms with van der Waals surface area (Å²) in [7, 11) is 1.66. The number of nitrogens with zero attached hydrogens (tertiary/aromatic N) is 2. The lowest BCUT2D eigenvalue weighted by Gasteiger charge is -2.21. The number of benzene rings is 1. The fourth-order valence-electron chi connectivity index (χ4n) is 2.30. The zero-order valence-corrected chi connectivity index (χ0v) is 12.4. The monoisotopic (exact) mass is 293 g/mol. The Hall–Kier alpha value is -1.75. The van der Waals surface area contributed by atoms with Crippen LogP contribution < -0.4 is 10.2 Å². The molecule has 2 aromatic rings. The third kappa shape index (κ3) is 4.11. The first-order valence-corrected chi connectivity index (χ1v) is 7.20. The van der Waals surface area contributed by atoms with Crippen molar-refractivity contribution in [1.82, 2.24) is 10.3 Å². The first kappa shape index (κ1) is 15.6. The van der Waals surface area contributed by atoms with Crippen molar-refractivity contribution in [3.8, 4) is 0 Å². The van der Waals surface area contributed by atoms with Crippen LogP contribution in [0.25, 0.3) is 10.9 Å². The Kier molecular flexibility index (Phi) is 5.44. The van der Waals surface area contributed by atoms with Gasteiger partial charge in [-0.2, -0.15) is 0 Å². The lowest BCUT2D eigenvalue weighted by Crippen LogP contribution is -2.27. The molecule has 1 aromatic heterocycles. The van der Waals surface area contributed by atoms with Crippen molar-refractivity contribution < 1.29 is 8.78 Å². The lowest BCUT2D eigenvalue weighted by molar-refractivity contribution is 0.156. The first-order valence-electron chi connectivity index (χ1n) is 7.20. The van der Waals surface area contributed by atoms with Crippen molar-refractivity contribution in [1.29, 1.82) is 0 Å². The summed E-state index contributed by atoms with van der Waals surface area (Å²) in [6, 6.07) is 9.78. The molecule has 0 atom stereocenters. The lowest BCUT2D eigenvalue weighted by atomic mass is 10.1. The van der Waals surface area contributed by atoms with Crippen LogP contribution in [0.5, 0.6) is 0 Å². The molecule has 0 amide bonds. The van der Waals surface area contributed by atoms with Gasteiger partial charge in [0.05, 0.1) is 12.1 Å². The quantitative estimate of drug-likeness (QED) is 0.793. The number of para-hydroxylation sites is 1. The van der Waals surface area contributed by atoms with Gasteiger partial charge in [-0.15, -0.1) is 0 Å². The minimum absolute atomic E-state index is 0.313. The number of halogens is 2. The van der Waals surface area contributed by atoms with Crippen molar-refractivity contribution in [2.24, 2.45) is 0 Å². The predicted octanol–water partition coefficient (Wildman–Crippen LogP) is 3.44. The summed E-state index contributed by atoms with van der Waals surface area (Å²) in [5.41, 5.74) is 1.78. The molecule has 0 aliphatic heterocycles. The number of aromatic nitrogens is 1. The van der Waals surface area contributed by atoms with E-state index in [0.29, 0.717) is 12.4 Å². The van der Waals surface area contributed by atoms with E-state index < -0.39 is 6.43 Å². The largest absolute Gasteiger partial charge is 0.354 e. The molecule has 5 heteroatoms. The zero-order valence-electron chi connectivity index (χ0n) is 12.4. The third-order valence-corrected chi connectivity index (χ3v) is 3.30. The average Bonchev–Trinajstić information content (AvgIpc) is 2.46. The molecule has 0 bridgehead atoms. The normalized spacial score (nSPS) is 11.3. The van der Waals surface area contributed by atoms with E-state index in [1.807, 2.05) is 30.3 Å². The van der Waals surface area contributed by atoms with Crippen LogP contribution in [0.1, 0.15) is 18.9 Å². The minimum Gasteiger partial charge on any atom is -0.354 e. The highest BCUT2D eigenvalue weighted by molar-refractivity contribution is 5.81. The molecular formula is C16H21F2N3. The maximum Gasteiger partial charge on any atom is 0.255 e.